The van der Waals surface area contributed by atoms with Crippen LogP contribution in [0, 0.1) is 6.92 Å². The summed E-state index contributed by atoms with van der Waals surface area (Å²) in [5, 5.41) is 15.9. The number of hydrogen-bond acceptors (Lipinski definition) is 7. The Morgan fingerprint density at radius 3 is 2.71 bits per heavy atom. The summed E-state index contributed by atoms with van der Waals surface area (Å²) in [6, 6.07) is 25.5. The Bertz CT molecular complexity index is 1650. The molecule has 0 fully saturated rings. The number of aryl methyl sites for hydroxylation is 1. The summed E-state index contributed by atoms with van der Waals surface area (Å²) >= 11 is 1.67. The molecule has 0 aliphatic rings. The lowest BCUT2D eigenvalue weighted by molar-refractivity contribution is 0.181. The molecule has 9 heteroatoms. The van der Waals surface area contributed by atoms with E-state index >= 15 is 0 Å². The SMILES string of the molecule is Cc1ccc2cc([C@@H](c3nnnn3Cc3ccccc3)N(Cc3ccco3)Cc3cccs3)c(=O)[nH]c2c1. The second kappa shape index (κ2) is 10.6. The van der Waals surface area contributed by atoms with E-state index in [0.29, 0.717) is 31.0 Å². The van der Waals surface area contributed by atoms with Crippen LogP contribution in [-0.4, -0.2) is 30.1 Å². The number of aromatic nitrogens is 5. The molecule has 0 aliphatic heterocycles. The van der Waals surface area contributed by atoms with Gasteiger partial charge in [0.25, 0.3) is 5.56 Å². The zero-order chi connectivity index (χ0) is 25.9. The molecule has 38 heavy (non-hydrogen) atoms. The van der Waals surface area contributed by atoms with Crippen LogP contribution in [0.2, 0.25) is 0 Å². The van der Waals surface area contributed by atoms with Gasteiger partial charge in [0.05, 0.1) is 19.4 Å². The number of rotatable bonds is 9. The zero-order valence-electron chi connectivity index (χ0n) is 20.8. The number of tetrazole rings is 1. The van der Waals surface area contributed by atoms with Gasteiger partial charge in [-0.25, -0.2) is 4.68 Å². The number of furan rings is 1. The highest BCUT2D eigenvalue weighted by molar-refractivity contribution is 7.09. The van der Waals surface area contributed by atoms with Gasteiger partial charge in [0, 0.05) is 22.5 Å². The average Bonchev–Trinajstić information content (AvgIpc) is 3.70. The summed E-state index contributed by atoms with van der Waals surface area (Å²) in [5.41, 5.74) is 3.36. The Balaban J connectivity index is 1.51. The van der Waals surface area contributed by atoms with E-state index in [4.69, 9.17) is 4.42 Å². The number of H-pyrrole nitrogens is 1. The fourth-order valence-electron chi connectivity index (χ4n) is 4.75. The van der Waals surface area contributed by atoms with Crippen molar-refractivity contribution in [2.45, 2.75) is 32.6 Å². The van der Waals surface area contributed by atoms with Crippen molar-refractivity contribution in [1.29, 1.82) is 0 Å². The standard InChI is InChI=1S/C29H26N6O2S/c1-20-11-12-22-16-25(29(36)30-26(22)15-20)27(28-31-32-33-35(28)17-21-7-3-2-4-8-21)34(18-23-9-5-13-37-23)19-24-10-6-14-38-24/h2-16,27H,17-19H2,1H3,(H,30,36)/t27-/m0/s1. The Kier molecular flexibility index (Phi) is 6.68. The number of nitrogens with one attached hydrogen (secondary N) is 1. The Morgan fingerprint density at radius 2 is 1.92 bits per heavy atom. The highest BCUT2D eigenvalue weighted by Gasteiger charge is 2.31. The fourth-order valence-corrected chi connectivity index (χ4v) is 5.48. The highest BCUT2D eigenvalue weighted by atomic mass is 32.1. The van der Waals surface area contributed by atoms with Crippen LogP contribution in [0.1, 0.15) is 39.2 Å². The lowest BCUT2D eigenvalue weighted by atomic mass is 10.0. The monoisotopic (exact) mass is 522 g/mol. The number of hydrogen-bond donors (Lipinski definition) is 1. The fraction of sp³-hybridized carbons (Fsp3) is 0.172. The minimum absolute atomic E-state index is 0.169. The van der Waals surface area contributed by atoms with Gasteiger partial charge in [0.1, 0.15) is 11.8 Å². The molecule has 8 nitrogen and oxygen atoms in total. The minimum Gasteiger partial charge on any atom is -0.468 e. The van der Waals surface area contributed by atoms with E-state index in [0.717, 1.165) is 32.7 Å². The van der Waals surface area contributed by atoms with E-state index in [1.54, 1.807) is 22.3 Å². The van der Waals surface area contributed by atoms with Crippen LogP contribution in [0.25, 0.3) is 10.9 Å². The molecule has 4 heterocycles. The third kappa shape index (κ3) is 5.06. The molecular formula is C29H26N6O2S. The lowest BCUT2D eigenvalue weighted by Gasteiger charge is -2.30. The van der Waals surface area contributed by atoms with Gasteiger partial charge >= 0.3 is 0 Å². The summed E-state index contributed by atoms with van der Waals surface area (Å²) in [4.78, 5) is 20.1. The molecule has 0 radical (unpaired) electrons. The molecule has 6 rings (SSSR count). The van der Waals surface area contributed by atoms with E-state index in [1.165, 1.54) is 0 Å². The van der Waals surface area contributed by atoms with Crippen LogP contribution in [0.5, 0.6) is 0 Å². The first-order chi connectivity index (χ1) is 18.6. The number of fused-ring (bicyclic) bond motifs is 1. The van der Waals surface area contributed by atoms with Crippen LogP contribution in [-0.2, 0) is 19.6 Å². The molecule has 6 aromatic rings. The topological polar surface area (TPSA) is 92.8 Å². The first kappa shape index (κ1) is 24.0. The maximum Gasteiger partial charge on any atom is 0.253 e. The molecule has 0 saturated carbocycles. The molecule has 0 amide bonds. The number of benzene rings is 2. The molecular weight excluding hydrogens is 496 g/mol. The average molecular weight is 523 g/mol. The molecule has 0 spiro atoms. The van der Waals surface area contributed by atoms with Gasteiger partial charge in [0.15, 0.2) is 5.82 Å². The van der Waals surface area contributed by atoms with Gasteiger partial charge in [0.2, 0.25) is 0 Å². The molecule has 1 atom stereocenters. The molecule has 0 saturated heterocycles. The minimum atomic E-state index is -0.532. The van der Waals surface area contributed by atoms with Crippen molar-refractivity contribution < 1.29 is 4.42 Å². The van der Waals surface area contributed by atoms with Gasteiger partial charge in [-0.15, -0.1) is 16.4 Å². The van der Waals surface area contributed by atoms with E-state index in [1.807, 2.05) is 79.7 Å². The number of pyridine rings is 1. The summed E-state index contributed by atoms with van der Waals surface area (Å²) < 4.78 is 7.52. The maximum atomic E-state index is 13.7. The van der Waals surface area contributed by atoms with Gasteiger partial charge in [-0.05, 0) is 69.6 Å². The Hall–Kier alpha value is -4.34. The quantitative estimate of drug-likeness (QED) is 0.276. The summed E-state index contributed by atoms with van der Waals surface area (Å²) in [6.45, 7) is 3.56. The first-order valence-corrected chi connectivity index (χ1v) is 13.2. The van der Waals surface area contributed by atoms with Crippen LogP contribution in [0.15, 0.2) is 99.7 Å². The van der Waals surface area contributed by atoms with Crippen LogP contribution in [0.4, 0.5) is 0 Å². The van der Waals surface area contributed by atoms with Gasteiger partial charge in [-0.2, -0.15) is 0 Å². The third-order valence-corrected chi connectivity index (χ3v) is 7.41. The molecule has 1 N–H and O–H groups in total. The van der Waals surface area contributed by atoms with E-state index in [2.05, 4.69) is 36.9 Å². The molecule has 190 valence electrons. The predicted octanol–water partition coefficient (Wildman–Crippen LogP) is 5.32. The Morgan fingerprint density at radius 1 is 1.03 bits per heavy atom. The molecule has 0 bridgehead atoms. The Labute approximate surface area is 223 Å². The van der Waals surface area contributed by atoms with Crippen LogP contribution >= 0.6 is 11.3 Å². The molecule has 0 aliphatic carbocycles. The van der Waals surface area contributed by atoms with Crippen molar-refractivity contribution in [2.24, 2.45) is 0 Å². The third-order valence-electron chi connectivity index (χ3n) is 6.55. The second-order valence-electron chi connectivity index (χ2n) is 9.29. The van der Waals surface area contributed by atoms with Gasteiger partial charge in [-0.3, -0.25) is 9.69 Å². The smallest absolute Gasteiger partial charge is 0.253 e. The lowest BCUT2D eigenvalue weighted by Crippen LogP contribution is -2.34. The normalized spacial score (nSPS) is 12.4. The highest BCUT2D eigenvalue weighted by Crippen LogP contribution is 2.31. The maximum absolute atomic E-state index is 13.7. The van der Waals surface area contributed by atoms with Crippen LogP contribution in [0.3, 0.4) is 0 Å². The number of aromatic amines is 1. The van der Waals surface area contributed by atoms with Crippen molar-refractivity contribution in [3.8, 4) is 0 Å². The molecule has 2 aromatic carbocycles. The van der Waals surface area contributed by atoms with E-state index in [9.17, 15) is 4.79 Å². The number of nitrogens with zero attached hydrogens (tertiary/aromatic N) is 5. The summed E-state index contributed by atoms with van der Waals surface area (Å²) in [7, 11) is 0. The summed E-state index contributed by atoms with van der Waals surface area (Å²) in [6.07, 6.45) is 1.66. The van der Waals surface area contributed by atoms with E-state index < -0.39 is 6.04 Å². The predicted molar refractivity (Wildman–Crippen MR) is 147 cm³/mol. The van der Waals surface area contributed by atoms with Crippen molar-refractivity contribution in [3.05, 3.63) is 134 Å². The van der Waals surface area contributed by atoms with Crippen molar-refractivity contribution in [2.75, 3.05) is 0 Å². The van der Waals surface area contributed by atoms with Crippen molar-refractivity contribution in [1.82, 2.24) is 30.1 Å². The first-order valence-electron chi connectivity index (χ1n) is 12.4. The molecule has 4 aromatic heterocycles. The number of thiophene rings is 1. The van der Waals surface area contributed by atoms with Gasteiger partial charge in [-0.1, -0.05) is 48.5 Å². The van der Waals surface area contributed by atoms with E-state index in [-0.39, 0.29) is 5.56 Å². The zero-order valence-corrected chi connectivity index (χ0v) is 21.6. The summed E-state index contributed by atoms with van der Waals surface area (Å²) in [5.74, 6) is 1.38. The largest absolute Gasteiger partial charge is 0.468 e. The van der Waals surface area contributed by atoms with Gasteiger partial charge < -0.3 is 9.40 Å². The van der Waals surface area contributed by atoms with Crippen molar-refractivity contribution >= 4 is 22.2 Å². The second-order valence-corrected chi connectivity index (χ2v) is 10.3. The molecule has 0 unspecified atom stereocenters. The van der Waals surface area contributed by atoms with Crippen molar-refractivity contribution in [3.63, 3.8) is 0 Å². The van der Waals surface area contributed by atoms with Crippen LogP contribution < -0.4 is 5.56 Å².